The summed E-state index contributed by atoms with van der Waals surface area (Å²) in [6, 6.07) is 18.3. The van der Waals surface area contributed by atoms with E-state index in [0.717, 1.165) is 54.4 Å². The van der Waals surface area contributed by atoms with Crippen molar-refractivity contribution in [2.45, 2.75) is 44.9 Å². The Morgan fingerprint density at radius 2 is 1.48 bits per heavy atom. The molecule has 10 nitrogen and oxygen atoms in total. The number of hydrogen-bond acceptors (Lipinski definition) is 10. The average Bonchev–Trinajstić information content (AvgIpc) is 3.57. The SMILES string of the molecule is C#C.CNc1cc(C(C)(C)C)on1.CNc1ccc(Nc2ncnc(NC)c2C(=N)c2ccc(C3CCNCC3)cc2)cc1. The predicted molar refractivity (Wildman–Crippen MR) is 183 cm³/mol. The zero-order chi connectivity index (χ0) is 32.1. The summed E-state index contributed by atoms with van der Waals surface area (Å²) in [7, 11) is 5.52. The van der Waals surface area contributed by atoms with Crippen LogP contribution >= 0.6 is 0 Å². The molecule has 0 radical (unpaired) electrons. The van der Waals surface area contributed by atoms with Gasteiger partial charge in [-0.2, -0.15) is 0 Å². The van der Waals surface area contributed by atoms with E-state index in [1.54, 1.807) is 0 Å². The van der Waals surface area contributed by atoms with Gasteiger partial charge in [0.25, 0.3) is 0 Å². The molecule has 0 saturated carbocycles. The van der Waals surface area contributed by atoms with Gasteiger partial charge in [0.1, 0.15) is 23.7 Å². The Bertz CT molecular complexity index is 1480. The normalized spacial score (nSPS) is 12.9. The lowest BCUT2D eigenvalue weighted by atomic mass is 9.89. The Balaban J connectivity index is 0.000000342. The van der Waals surface area contributed by atoms with Gasteiger partial charge in [0.2, 0.25) is 0 Å². The summed E-state index contributed by atoms with van der Waals surface area (Å²) in [6.45, 7) is 8.41. The third-order valence-corrected chi connectivity index (χ3v) is 7.29. The van der Waals surface area contributed by atoms with Crippen LogP contribution in [0.5, 0.6) is 0 Å². The van der Waals surface area contributed by atoms with E-state index in [2.05, 4.69) is 87.5 Å². The van der Waals surface area contributed by atoms with Gasteiger partial charge >= 0.3 is 0 Å². The first-order valence-corrected chi connectivity index (χ1v) is 14.7. The molecule has 0 atom stereocenters. The molecule has 5 rings (SSSR count). The van der Waals surface area contributed by atoms with Crippen LogP contribution < -0.4 is 26.6 Å². The second-order valence-electron chi connectivity index (χ2n) is 11.2. The van der Waals surface area contributed by atoms with Crippen molar-refractivity contribution in [1.29, 1.82) is 5.41 Å². The molecule has 1 aliphatic rings. The second-order valence-corrected chi connectivity index (χ2v) is 11.2. The van der Waals surface area contributed by atoms with Gasteiger partial charge in [-0.15, -0.1) is 12.8 Å². The number of nitrogens with zero attached hydrogens (tertiary/aromatic N) is 3. The molecular formula is C34H45N9O. The molecular weight excluding hydrogens is 550 g/mol. The van der Waals surface area contributed by atoms with Crippen molar-refractivity contribution in [3.8, 4) is 12.8 Å². The van der Waals surface area contributed by atoms with E-state index < -0.39 is 0 Å². The first kappa shape index (κ1) is 33.6. The highest BCUT2D eigenvalue weighted by Crippen LogP contribution is 2.29. The zero-order valence-electron chi connectivity index (χ0n) is 26.6. The molecule has 6 N–H and O–H groups in total. The average molecular weight is 596 g/mol. The molecule has 44 heavy (non-hydrogen) atoms. The minimum atomic E-state index is 0.0437. The Hall–Kier alpha value is -4.88. The predicted octanol–water partition coefficient (Wildman–Crippen LogP) is 6.45. The molecule has 1 saturated heterocycles. The van der Waals surface area contributed by atoms with Gasteiger partial charge in [0, 0.05) is 49.6 Å². The Morgan fingerprint density at radius 1 is 0.864 bits per heavy atom. The third kappa shape index (κ3) is 8.82. The van der Waals surface area contributed by atoms with Gasteiger partial charge in [-0.3, -0.25) is 5.41 Å². The van der Waals surface area contributed by atoms with E-state index in [1.807, 2.05) is 63.6 Å². The fourth-order valence-electron chi connectivity index (χ4n) is 4.73. The van der Waals surface area contributed by atoms with Crippen molar-refractivity contribution < 1.29 is 4.52 Å². The minimum Gasteiger partial charge on any atom is -0.388 e. The number of aromatic nitrogens is 3. The number of anilines is 5. The highest BCUT2D eigenvalue weighted by atomic mass is 16.5. The molecule has 2 aromatic carbocycles. The molecule has 3 heterocycles. The fraction of sp³-hybridized carbons (Fsp3) is 0.353. The van der Waals surface area contributed by atoms with Gasteiger partial charge in [-0.1, -0.05) is 50.2 Å². The lowest BCUT2D eigenvalue weighted by Crippen LogP contribution is -2.26. The van der Waals surface area contributed by atoms with Crippen molar-refractivity contribution in [3.05, 3.63) is 83.4 Å². The topological polar surface area (TPSA) is 136 Å². The van der Waals surface area contributed by atoms with Crippen LogP contribution in [0.4, 0.5) is 28.8 Å². The lowest BCUT2D eigenvalue weighted by Gasteiger charge is -2.23. The standard InChI is InChI=1S/C24H29N7.C8H14N2O.C2H2/c1-26-19-7-9-20(10-8-19)31-24-21(23(27-2)29-15-30-24)22(25)18-5-3-16(4-6-18)17-11-13-28-14-12-17;1-8(2,3)6-5-7(9-4)10-11-6;1-2/h3-10,15,17,25-26,28H,11-14H2,1-2H3,(H2,27,29,30,31);5H,1-4H3,(H,9,10);1-2H. The molecule has 1 fully saturated rings. The molecule has 0 aliphatic carbocycles. The summed E-state index contributed by atoms with van der Waals surface area (Å²) in [5, 5.41) is 28.6. The number of benzene rings is 2. The van der Waals surface area contributed by atoms with Crippen LogP contribution in [0.2, 0.25) is 0 Å². The van der Waals surface area contributed by atoms with Crippen molar-refractivity contribution >= 4 is 34.5 Å². The highest BCUT2D eigenvalue weighted by Gasteiger charge is 2.20. The maximum absolute atomic E-state index is 8.92. The first-order valence-electron chi connectivity index (χ1n) is 14.7. The maximum atomic E-state index is 8.92. The van der Waals surface area contributed by atoms with Crippen molar-refractivity contribution in [2.75, 3.05) is 55.5 Å². The monoisotopic (exact) mass is 595 g/mol. The highest BCUT2D eigenvalue weighted by molar-refractivity contribution is 6.16. The number of nitrogens with one attached hydrogen (secondary N) is 6. The number of hydrogen-bond donors (Lipinski definition) is 6. The smallest absolute Gasteiger partial charge is 0.169 e. The van der Waals surface area contributed by atoms with E-state index in [4.69, 9.17) is 9.93 Å². The summed E-state index contributed by atoms with van der Waals surface area (Å²) in [6.07, 6.45) is 11.8. The molecule has 1 aliphatic heterocycles. The van der Waals surface area contributed by atoms with Crippen LogP contribution in [0.3, 0.4) is 0 Å². The second kappa shape index (κ2) is 16.1. The summed E-state index contributed by atoms with van der Waals surface area (Å²) in [5.41, 5.74) is 5.20. The van der Waals surface area contributed by atoms with Crippen molar-refractivity contribution in [1.82, 2.24) is 20.4 Å². The van der Waals surface area contributed by atoms with Crippen molar-refractivity contribution in [2.24, 2.45) is 0 Å². The van der Waals surface area contributed by atoms with Crippen LogP contribution in [0.15, 0.2) is 65.4 Å². The zero-order valence-corrected chi connectivity index (χ0v) is 26.6. The summed E-state index contributed by atoms with van der Waals surface area (Å²) >= 11 is 0. The molecule has 0 unspecified atom stereocenters. The van der Waals surface area contributed by atoms with Crippen LogP contribution in [0, 0.1) is 18.3 Å². The molecule has 0 amide bonds. The first-order chi connectivity index (χ1) is 21.2. The third-order valence-electron chi connectivity index (χ3n) is 7.29. The van der Waals surface area contributed by atoms with Gasteiger partial charge in [-0.05, 0) is 61.7 Å². The summed E-state index contributed by atoms with van der Waals surface area (Å²) in [5.74, 6) is 3.51. The Kier molecular flexibility index (Phi) is 12.3. The van der Waals surface area contributed by atoms with Gasteiger partial charge < -0.3 is 31.1 Å². The van der Waals surface area contributed by atoms with E-state index in [1.165, 1.54) is 11.9 Å². The number of rotatable bonds is 8. The number of piperidine rings is 1. The van der Waals surface area contributed by atoms with Crippen LogP contribution in [0.25, 0.3) is 0 Å². The van der Waals surface area contributed by atoms with Crippen LogP contribution in [0.1, 0.15) is 62.0 Å². The molecule has 0 spiro atoms. The molecule has 232 valence electrons. The quantitative estimate of drug-likeness (QED) is 0.100. The van der Waals surface area contributed by atoms with Gasteiger partial charge in [0.05, 0.1) is 11.3 Å². The van der Waals surface area contributed by atoms with E-state index in [9.17, 15) is 0 Å². The van der Waals surface area contributed by atoms with Gasteiger partial charge in [0.15, 0.2) is 5.82 Å². The fourth-order valence-corrected chi connectivity index (χ4v) is 4.73. The Morgan fingerprint density at radius 3 is 2.00 bits per heavy atom. The molecule has 4 aromatic rings. The minimum absolute atomic E-state index is 0.0437. The van der Waals surface area contributed by atoms with E-state index >= 15 is 0 Å². The lowest BCUT2D eigenvalue weighted by molar-refractivity contribution is 0.331. The number of terminal acetylenes is 1. The Labute approximate surface area is 261 Å². The summed E-state index contributed by atoms with van der Waals surface area (Å²) in [4.78, 5) is 8.78. The molecule has 2 aromatic heterocycles. The van der Waals surface area contributed by atoms with Crippen LogP contribution in [-0.2, 0) is 5.41 Å². The van der Waals surface area contributed by atoms with Gasteiger partial charge in [-0.25, -0.2) is 9.97 Å². The maximum Gasteiger partial charge on any atom is 0.169 e. The summed E-state index contributed by atoms with van der Waals surface area (Å²) < 4.78 is 5.11. The van der Waals surface area contributed by atoms with E-state index in [-0.39, 0.29) is 5.41 Å². The largest absolute Gasteiger partial charge is 0.388 e. The van der Waals surface area contributed by atoms with E-state index in [0.29, 0.717) is 28.8 Å². The van der Waals surface area contributed by atoms with Crippen LogP contribution in [-0.4, -0.2) is 55.1 Å². The van der Waals surface area contributed by atoms with Crippen molar-refractivity contribution in [3.63, 3.8) is 0 Å². The molecule has 10 heteroatoms. The molecule has 0 bridgehead atoms.